The van der Waals surface area contributed by atoms with Gasteiger partial charge in [-0.3, -0.25) is 29.4 Å². The number of amides is 4. The fraction of sp³-hybridized carbons (Fsp3) is 0.238. The highest BCUT2D eigenvalue weighted by atomic mass is 16.3. The first-order chi connectivity index (χ1) is 13.8. The zero-order valence-electron chi connectivity index (χ0n) is 15.7. The molecule has 0 spiro atoms. The number of benzene rings is 2. The third kappa shape index (κ3) is 3.02. The number of carbonyl (C=O) groups excluding carboxylic acids is 4. The molecule has 2 aromatic rings. The van der Waals surface area contributed by atoms with Crippen molar-refractivity contribution in [3.63, 3.8) is 0 Å². The molecule has 8 heteroatoms. The fourth-order valence-corrected chi connectivity index (χ4v) is 3.75. The molecule has 1 atom stereocenters. The molecule has 0 saturated carbocycles. The number of piperidine rings is 1. The van der Waals surface area contributed by atoms with Crippen LogP contribution in [0.1, 0.15) is 46.0 Å². The van der Waals surface area contributed by atoms with Gasteiger partial charge in [0.15, 0.2) is 0 Å². The van der Waals surface area contributed by atoms with Crippen LogP contribution >= 0.6 is 0 Å². The first-order valence-electron chi connectivity index (χ1n) is 9.19. The molecule has 1 fully saturated rings. The molecule has 2 aliphatic heterocycles. The SMILES string of the molecule is CC1(N2C(=O)c3cccc(NCc4cccc(O)c4)c3C2=O)CCC(=O)NC1=O. The topological polar surface area (TPSA) is 116 Å². The number of carbonyl (C=O) groups is 4. The molecular weight excluding hydrogens is 374 g/mol. The van der Waals surface area contributed by atoms with Gasteiger partial charge in [-0.05, 0) is 43.2 Å². The van der Waals surface area contributed by atoms with Gasteiger partial charge in [-0.25, -0.2) is 0 Å². The van der Waals surface area contributed by atoms with Crippen molar-refractivity contribution < 1.29 is 24.3 Å². The lowest BCUT2D eigenvalue weighted by Gasteiger charge is -2.38. The molecule has 2 aliphatic rings. The molecule has 0 aliphatic carbocycles. The number of fused-ring (bicyclic) bond motifs is 1. The Kier molecular flexibility index (Phi) is 4.34. The Bertz CT molecular complexity index is 1060. The van der Waals surface area contributed by atoms with Crippen LogP contribution in [0.2, 0.25) is 0 Å². The third-order valence-electron chi connectivity index (χ3n) is 5.38. The van der Waals surface area contributed by atoms with E-state index in [0.29, 0.717) is 12.2 Å². The smallest absolute Gasteiger partial charge is 0.264 e. The zero-order chi connectivity index (χ0) is 20.8. The predicted octanol–water partition coefficient (Wildman–Crippen LogP) is 1.80. The van der Waals surface area contributed by atoms with Gasteiger partial charge in [-0.1, -0.05) is 18.2 Å². The van der Waals surface area contributed by atoms with Gasteiger partial charge >= 0.3 is 0 Å². The molecule has 29 heavy (non-hydrogen) atoms. The van der Waals surface area contributed by atoms with Crippen molar-refractivity contribution in [1.29, 1.82) is 0 Å². The van der Waals surface area contributed by atoms with Crippen molar-refractivity contribution in [1.82, 2.24) is 10.2 Å². The molecule has 0 aromatic heterocycles. The maximum atomic E-state index is 13.2. The van der Waals surface area contributed by atoms with Crippen molar-refractivity contribution in [3.05, 3.63) is 59.2 Å². The van der Waals surface area contributed by atoms with Crippen LogP contribution in [0.25, 0.3) is 0 Å². The van der Waals surface area contributed by atoms with Gasteiger partial charge in [0.2, 0.25) is 5.91 Å². The van der Waals surface area contributed by atoms with Gasteiger partial charge in [-0.2, -0.15) is 0 Å². The van der Waals surface area contributed by atoms with Crippen LogP contribution < -0.4 is 10.6 Å². The number of phenols is 1. The minimum atomic E-state index is -1.43. The Hall–Kier alpha value is -3.68. The van der Waals surface area contributed by atoms with Gasteiger partial charge in [0.05, 0.1) is 11.1 Å². The second-order valence-electron chi connectivity index (χ2n) is 7.35. The Morgan fingerprint density at radius 1 is 1.10 bits per heavy atom. The van der Waals surface area contributed by atoms with Crippen molar-refractivity contribution in [2.24, 2.45) is 0 Å². The molecule has 0 bridgehead atoms. The van der Waals surface area contributed by atoms with Crippen LogP contribution in [0.5, 0.6) is 5.75 Å². The molecular formula is C21H19N3O5. The van der Waals surface area contributed by atoms with Gasteiger partial charge < -0.3 is 10.4 Å². The summed E-state index contributed by atoms with van der Waals surface area (Å²) in [6.45, 7) is 1.83. The van der Waals surface area contributed by atoms with Gasteiger partial charge in [0.25, 0.3) is 17.7 Å². The van der Waals surface area contributed by atoms with E-state index in [1.807, 2.05) is 6.07 Å². The number of nitrogens with one attached hydrogen (secondary N) is 2. The minimum Gasteiger partial charge on any atom is -0.508 e. The summed E-state index contributed by atoms with van der Waals surface area (Å²) < 4.78 is 0. The van der Waals surface area contributed by atoms with Crippen molar-refractivity contribution in [3.8, 4) is 5.75 Å². The average Bonchev–Trinajstić information content (AvgIpc) is 2.95. The van der Waals surface area contributed by atoms with Crippen LogP contribution in [0.15, 0.2) is 42.5 Å². The summed E-state index contributed by atoms with van der Waals surface area (Å²) in [4.78, 5) is 51.1. The van der Waals surface area contributed by atoms with E-state index in [2.05, 4.69) is 10.6 Å². The lowest BCUT2D eigenvalue weighted by atomic mass is 9.89. The molecule has 0 radical (unpaired) electrons. The standard InChI is InChI=1S/C21H19N3O5/c1-21(9-8-16(26)23-20(21)29)24-18(27)14-6-3-7-15(17(14)19(24)28)22-11-12-4-2-5-13(25)10-12/h2-7,10,22,25H,8-9,11H2,1H3,(H,23,26,29). The van der Waals surface area contributed by atoms with E-state index in [-0.39, 0.29) is 29.7 Å². The van der Waals surface area contributed by atoms with Crippen LogP contribution in [-0.4, -0.2) is 39.2 Å². The van der Waals surface area contributed by atoms with E-state index in [9.17, 15) is 24.3 Å². The maximum Gasteiger partial charge on any atom is 0.264 e. The van der Waals surface area contributed by atoms with Crippen LogP contribution in [0.4, 0.5) is 5.69 Å². The molecule has 1 unspecified atom stereocenters. The Morgan fingerprint density at radius 3 is 2.59 bits per heavy atom. The van der Waals surface area contributed by atoms with E-state index in [1.54, 1.807) is 36.4 Å². The Balaban J connectivity index is 1.65. The second-order valence-corrected chi connectivity index (χ2v) is 7.35. The van der Waals surface area contributed by atoms with E-state index >= 15 is 0 Å². The van der Waals surface area contributed by atoms with Crippen molar-refractivity contribution in [2.75, 3.05) is 5.32 Å². The lowest BCUT2D eigenvalue weighted by Crippen LogP contribution is -2.62. The molecule has 148 valence electrons. The Morgan fingerprint density at radius 2 is 1.86 bits per heavy atom. The molecule has 4 amide bonds. The summed E-state index contributed by atoms with van der Waals surface area (Å²) in [6, 6.07) is 11.6. The van der Waals surface area contributed by atoms with E-state index < -0.39 is 29.2 Å². The third-order valence-corrected chi connectivity index (χ3v) is 5.38. The molecule has 2 heterocycles. The predicted molar refractivity (Wildman–Crippen MR) is 103 cm³/mol. The largest absolute Gasteiger partial charge is 0.508 e. The van der Waals surface area contributed by atoms with Crippen LogP contribution in [0.3, 0.4) is 0 Å². The number of rotatable bonds is 4. The molecule has 8 nitrogen and oxygen atoms in total. The zero-order valence-corrected chi connectivity index (χ0v) is 15.7. The molecule has 3 N–H and O–H groups in total. The highest BCUT2D eigenvalue weighted by molar-refractivity contribution is 6.26. The summed E-state index contributed by atoms with van der Waals surface area (Å²) >= 11 is 0. The van der Waals surface area contributed by atoms with Gasteiger partial charge in [-0.15, -0.1) is 0 Å². The average molecular weight is 393 g/mol. The summed E-state index contributed by atoms with van der Waals surface area (Å²) in [5.41, 5.74) is 0.241. The fourth-order valence-electron chi connectivity index (χ4n) is 3.75. The van der Waals surface area contributed by atoms with Crippen LogP contribution in [0, 0.1) is 0 Å². The van der Waals surface area contributed by atoms with E-state index in [4.69, 9.17) is 0 Å². The van der Waals surface area contributed by atoms with Gasteiger partial charge in [0, 0.05) is 18.7 Å². The molecule has 2 aromatic carbocycles. The van der Waals surface area contributed by atoms with E-state index in [0.717, 1.165) is 10.5 Å². The number of imide groups is 2. The molecule has 1 saturated heterocycles. The summed E-state index contributed by atoms with van der Waals surface area (Å²) in [7, 11) is 0. The molecule has 4 rings (SSSR count). The summed E-state index contributed by atoms with van der Waals surface area (Å²) in [5.74, 6) is -2.07. The highest BCUT2D eigenvalue weighted by Gasteiger charge is 2.53. The van der Waals surface area contributed by atoms with E-state index in [1.165, 1.54) is 6.92 Å². The minimum absolute atomic E-state index is 0.0538. The van der Waals surface area contributed by atoms with Gasteiger partial charge in [0.1, 0.15) is 11.3 Å². The second kappa shape index (κ2) is 6.73. The first-order valence-corrected chi connectivity index (χ1v) is 9.19. The number of hydrogen-bond acceptors (Lipinski definition) is 6. The maximum absolute atomic E-state index is 13.2. The van der Waals surface area contributed by atoms with Crippen molar-refractivity contribution in [2.45, 2.75) is 31.8 Å². The summed E-state index contributed by atoms with van der Waals surface area (Å²) in [5, 5.41) is 14.9. The first kappa shape index (κ1) is 18.7. The number of nitrogens with zero attached hydrogens (tertiary/aromatic N) is 1. The number of aromatic hydroxyl groups is 1. The lowest BCUT2D eigenvalue weighted by molar-refractivity contribution is -0.140. The Labute approximate surface area is 166 Å². The monoisotopic (exact) mass is 393 g/mol. The summed E-state index contributed by atoms with van der Waals surface area (Å²) in [6.07, 6.45) is 0.132. The highest BCUT2D eigenvalue weighted by Crippen LogP contribution is 2.37. The van der Waals surface area contributed by atoms with Crippen LogP contribution in [-0.2, 0) is 16.1 Å². The number of phenolic OH excluding ortho intramolecular Hbond substituents is 1. The van der Waals surface area contributed by atoms with Crippen molar-refractivity contribution >= 4 is 29.3 Å². The number of anilines is 1. The normalized spacial score (nSPS) is 21.2. The quantitative estimate of drug-likeness (QED) is 0.682. The number of hydrogen-bond donors (Lipinski definition) is 3.